The Labute approximate surface area is 178 Å². The number of aliphatic hydroxyl groups is 1. The maximum atomic E-state index is 12.0. The molecule has 11 nitrogen and oxygen atoms in total. The third-order valence-corrected chi connectivity index (χ3v) is 4.79. The zero-order valence-corrected chi connectivity index (χ0v) is 17.1. The number of carbonyl (C=O) groups excluding carboxylic acids is 2. The summed E-state index contributed by atoms with van der Waals surface area (Å²) in [5, 5.41) is 30.3. The Morgan fingerprint density at radius 1 is 1.10 bits per heavy atom. The standard InChI is InChI=1S/C20H26N2O9/c1-14(23)22(30-13-15-5-3-2-4-6-15)16-7-9-21(10-8-16)31-18(26)12-20(29,19(27)28)11-17(24)25/h2-6,16,29H,7-13H2,1H3,(H,24,25)(H,27,28). The van der Waals surface area contributed by atoms with Crippen LogP contribution in [0.5, 0.6) is 0 Å². The smallest absolute Gasteiger partial charge is 0.336 e. The van der Waals surface area contributed by atoms with Crippen molar-refractivity contribution < 1.29 is 44.2 Å². The lowest BCUT2D eigenvalue weighted by Gasteiger charge is -2.36. The molecule has 1 heterocycles. The monoisotopic (exact) mass is 438 g/mol. The Hall–Kier alpha value is -3.02. The fourth-order valence-electron chi connectivity index (χ4n) is 3.22. The molecule has 0 bridgehead atoms. The minimum Gasteiger partial charge on any atom is -0.481 e. The van der Waals surface area contributed by atoms with Crippen LogP contribution in [0.15, 0.2) is 30.3 Å². The third-order valence-electron chi connectivity index (χ3n) is 4.79. The molecule has 1 aliphatic heterocycles. The van der Waals surface area contributed by atoms with Crippen molar-refractivity contribution in [3.63, 3.8) is 0 Å². The van der Waals surface area contributed by atoms with Crippen molar-refractivity contribution in [3.05, 3.63) is 35.9 Å². The predicted molar refractivity (Wildman–Crippen MR) is 104 cm³/mol. The van der Waals surface area contributed by atoms with Gasteiger partial charge in [-0.3, -0.25) is 19.2 Å². The lowest BCUT2D eigenvalue weighted by molar-refractivity contribution is -0.227. The van der Waals surface area contributed by atoms with Crippen molar-refractivity contribution in [3.8, 4) is 0 Å². The van der Waals surface area contributed by atoms with Gasteiger partial charge in [-0.2, -0.15) is 0 Å². The maximum absolute atomic E-state index is 12.0. The molecule has 0 saturated carbocycles. The molecule has 1 amide bonds. The Kier molecular flexibility index (Phi) is 8.48. The Bertz CT molecular complexity index is 793. The molecular formula is C20H26N2O9. The Morgan fingerprint density at radius 2 is 1.71 bits per heavy atom. The fraction of sp³-hybridized carbons (Fsp3) is 0.500. The number of aliphatic carboxylic acids is 2. The highest BCUT2D eigenvalue weighted by atomic mass is 16.7. The van der Waals surface area contributed by atoms with E-state index in [2.05, 4.69) is 0 Å². The van der Waals surface area contributed by atoms with E-state index in [1.165, 1.54) is 17.1 Å². The number of rotatable bonds is 10. The lowest BCUT2D eigenvalue weighted by atomic mass is 9.96. The van der Waals surface area contributed by atoms with E-state index in [9.17, 15) is 24.3 Å². The van der Waals surface area contributed by atoms with Crippen LogP contribution in [-0.4, -0.2) is 74.0 Å². The Balaban J connectivity index is 1.86. The van der Waals surface area contributed by atoms with E-state index in [4.69, 9.17) is 19.9 Å². The van der Waals surface area contributed by atoms with Gasteiger partial charge in [-0.05, 0) is 18.4 Å². The van der Waals surface area contributed by atoms with Gasteiger partial charge in [0.15, 0.2) is 5.60 Å². The average Bonchev–Trinajstić information content (AvgIpc) is 2.69. The van der Waals surface area contributed by atoms with Gasteiger partial charge in [-0.1, -0.05) is 30.3 Å². The van der Waals surface area contributed by atoms with Crippen molar-refractivity contribution in [1.29, 1.82) is 0 Å². The van der Waals surface area contributed by atoms with Gasteiger partial charge in [0.1, 0.15) is 6.61 Å². The van der Waals surface area contributed by atoms with Gasteiger partial charge in [-0.15, -0.1) is 5.06 Å². The molecule has 1 fully saturated rings. The van der Waals surface area contributed by atoms with Crippen molar-refractivity contribution in [2.75, 3.05) is 13.1 Å². The zero-order valence-electron chi connectivity index (χ0n) is 17.1. The number of hydrogen-bond donors (Lipinski definition) is 3. The fourth-order valence-corrected chi connectivity index (χ4v) is 3.22. The summed E-state index contributed by atoms with van der Waals surface area (Å²) in [6.07, 6.45) is -1.28. The highest BCUT2D eigenvalue weighted by Gasteiger charge is 2.42. The SMILES string of the molecule is CC(=O)N(OCc1ccccc1)C1CCN(OC(=O)CC(O)(CC(=O)O)C(=O)O)CC1. The van der Waals surface area contributed by atoms with Crippen molar-refractivity contribution in [2.45, 2.75) is 50.9 Å². The summed E-state index contributed by atoms with van der Waals surface area (Å²) in [5.74, 6) is -4.70. The van der Waals surface area contributed by atoms with Crippen molar-refractivity contribution >= 4 is 23.8 Å². The topological polar surface area (TPSA) is 154 Å². The number of carbonyl (C=O) groups is 4. The minimum absolute atomic E-state index is 0.229. The van der Waals surface area contributed by atoms with E-state index in [-0.39, 0.29) is 31.6 Å². The van der Waals surface area contributed by atoms with Gasteiger partial charge in [0.25, 0.3) is 0 Å². The van der Waals surface area contributed by atoms with Gasteiger partial charge >= 0.3 is 17.9 Å². The number of amides is 1. The maximum Gasteiger partial charge on any atom is 0.336 e. The van der Waals surface area contributed by atoms with Gasteiger partial charge in [0.05, 0.1) is 18.9 Å². The molecule has 11 heteroatoms. The molecule has 31 heavy (non-hydrogen) atoms. The first-order valence-corrected chi connectivity index (χ1v) is 9.70. The second-order valence-corrected chi connectivity index (χ2v) is 7.31. The molecule has 0 aliphatic carbocycles. The van der Waals surface area contributed by atoms with Crippen LogP contribution in [0.1, 0.15) is 38.2 Å². The lowest BCUT2D eigenvalue weighted by Crippen LogP contribution is -2.48. The summed E-state index contributed by atoms with van der Waals surface area (Å²) >= 11 is 0. The molecule has 170 valence electrons. The average molecular weight is 438 g/mol. The largest absolute Gasteiger partial charge is 0.481 e. The van der Waals surface area contributed by atoms with Crippen LogP contribution in [0, 0.1) is 0 Å². The molecule has 1 aromatic carbocycles. The molecule has 1 saturated heterocycles. The molecule has 0 aromatic heterocycles. The molecule has 0 spiro atoms. The van der Waals surface area contributed by atoms with Crippen molar-refractivity contribution in [2.24, 2.45) is 0 Å². The summed E-state index contributed by atoms with van der Waals surface area (Å²) in [7, 11) is 0. The molecular weight excluding hydrogens is 412 g/mol. The van der Waals surface area contributed by atoms with E-state index < -0.39 is 36.4 Å². The van der Waals surface area contributed by atoms with E-state index >= 15 is 0 Å². The van der Waals surface area contributed by atoms with Crippen LogP contribution in [0.25, 0.3) is 0 Å². The minimum atomic E-state index is -2.75. The summed E-state index contributed by atoms with van der Waals surface area (Å²) in [6.45, 7) is 2.12. The molecule has 1 aliphatic rings. The number of piperidine rings is 1. The first-order valence-electron chi connectivity index (χ1n) is 9.70. The summed E-state index contributed by atoms with van der Waals surface area (Å²) < 4.78 is 0. The molecule has 1 atom stereocenters. The number of hydrogen-bond acceptors (Lipinski definition) is 8. The summed E-state index contributed by atoms with van der Waals surface area (Å²) in [4.78, 5) is 56.7. The highest BCUT2D eigenvalue weighted by molar-refractivity contribution is 5.88. The van der Waals surface area contributed by atoms with Crippen molar-refractivity contribution in [1.82, 2.24) is 10.1 Å². The molecule has 0 radical (unpaired) electrons. The van der Waals surface area contributed by atoms with Crippen LogP contribution in [-0.2, 0) is 35.5 Å². The van der Waals surface area contributed by atoms with Gasteiger partial charge in [-0.25, -0.2) is 9.86 Å². The second kappa shape index (κ2) is 10.8. The van der Waals surface area contributed by atoms with Crippen LogP contribution >= 0.6 is 0 Å². The Morgan fingerprint density at radius 3 is 2.23 bits per heavy atom. The highest BCUT2D eigenvalue weighted by Crippen LogP contribution is 2.21. The first-order chi connectivity index (χ1) is 14.6. The first kappa shape index (κ1) is 24.3. The molecule has 3 N–H and O–H groups in total. The van der Waals surface area contributed by atoms with E-state index in [0.29, 0.717) is 12.8 Å². The second-order valence-electron chi connectivity index (χ2n) is 7.31. The third kappa shape index (κ3) is 7.31. The van der Waals surface area contributed by atoms with Crippen LogP contribution in [0.4, 0.5) is 0 Å². The normalized spacial score (nSPS) is 16.8. The molecule has 1 aromatic rings. The number of carboxylic acid groups (broad SMARTS) is 2. The molecule has 2 rings (SSSR count). The van der Waals surface area contributed by atoms with Gasteiger partial charge in [0.2, 0.25) is 5.91 Å². The molecule has 1 unspecified atom stereocenters. The van der Waals surface area contributed by atoms with Crippen LogP contribution < -0.4 is 0 Å². The summed E-state index contributed by atoms with van der Waals surface area (Å²) in [5.41, 5.74) is -1.84. The zero-order chi connectivity index (χ0) is 23.0. The van der Waals surface area contributed by atoms with Crippen LogP contribution in [0.3, 0.4) is 0 Å². The van der Waals surface area contributed by atoms with E-state index in [1.54, 1.807) is 0 Å². The quantitative estimate of drug-likeness (QED) is 0.442. The van der Waals surface area contributed by atoms with Gasteiger partial charge < -0.3 is 20.2 Å². The number of nitrogens with zero attached hydrogens (tertiary/aromatic N) is 2. The number of benzene rings is 1. The van der Waals surface area contributed by atoms with Crippen LogP contribution in [0.2, 0.25) is 0 Å². The number of hydroxylamine groups is 4. The van der Waals surface area contributed by atoms with Gasteiger partial charge in [0, 0.05) is 20.0 Å². The number of carboxylic acids is 2. The summed E-state index contributed by atoms with van der Waals surface area (Å²) in [6, 6.07) is 9.13. The van der Waals surface area contributed by atoms with E-state index in [1.807, 2.05) is 30.3 Å². The van der Waals surface area contributed by atoms with E-state index in [0.717, 1.165) is 5.56 Å². The predicted octanol–water partition coefficient (Wildman–Crippen LogP) is 0.570.